The molecule has 4 saturated carbocycles. The Bertz CT molecular complexity index is 1010. The van der Waals surface area contributed by atoms with Gasteiger partial charge in [0.2, 0.25) is 0 Å². The number of hydrogen-bond acceptors (Lipinski definition) is 5. The maximum Gasteiger partial charge on any atom is 0.334 e. The largest absolute Gasteiger partial charge is 0.469 e. The lowest BCUT2D eigenvalue weighted by Crippen LogP contribution is -2.56. The molecule has 0 aromatic rings. The highest BCUT2D eigenvalue weighted by molar-refractivity contribution is 5.91. The van der Waals surface area contributed by atoms with Crippen molar-refractivity contribution in [2.45, 2.75) is 98.0 Å². The molecule has 9 atom stereocenters. The Morgan fingerprint density at radius 2 is 2.00 bits per heavy atom. The summed E-state index contributed by atoms with van der Waals surface area (Å²) in [6.45, 7) is 13.6. The number of methoxy groups -OCH3 is 1. The fourth-order valence-corrected chi connectivity index (χ4v) is 10.4. The molecule has 0 aromatic carbocycles. The molecule has 5 nitrogen and oxygen atoms in total. The van der Waals surface area contributed by atoms with Crippen LogP contribution in [0.1, 0.15) is 91.9 Å². The van der Waals surface area contributed by atoms with Crippen molar-refractivity contribution in [3.8, 4) is 0 Å². The average Bonchev–Trinajstić information content (AvgIpc) is 3.31. The van der Waals surface area contributed by atoms with Crippen molar-refractivity contribution < 1.29 is 23.9 Å². The fourth-order valence-electron chi connectivity index (χ4n) is 10.4. The van der Waals surface area contributed by atoms with Crippen LogP contribution < -0.4 is 0 Å². The number of carbonyl (C=O) groups is 3. The van der Waals surface area contributed by atoms with Crippen molar-refractivity contribution in [2.24, 2.45) is 45.3 Å². The topological polar surface area (TPSA) is 69.7 Å². The molecule has 5 aliphatic rings. The van der Waals surface area contributed by atoms with Gasteiger partial charge in [-0.25, -0.2) is 4.79 Å². The van der Waals surface area contributed by atoms with Crippen molar-refractivity contribution in [1.29, 1.82) is 0 Å². The van der Waals surface area contributed by atoms with Crippen LogP contribution in [-0.4, -0.2) is 31.4 Å². The Kier molecular flexibility index (Phi) is 6.12. The van der Waals surface area contributed by atoms with Crippen molar-refractivity contribution in [3.05, 3.63) is 23.8 Å². The third kappa shape index (κ3) is 3.29. The monoisotopic (exact) mass is 496 g/mol. The summed E-state index contributed by atoms with van der Waals surface area (Å²) in [7, 11) is 1.46. The predicted octanol–water partition coefficient (Wildman–Crippen LogP) is 6.21. The van der Waals surface area contributed by atoms with Gasteiger partial charge in [-0.05, 0) is 110 Å². The van der Waals surface area contributed by atoms with Crippen LogP contribution in [0.15, 0.2) is 23.8 Å². The molecule has 1 saturated heterocycles. The fraction of sp³-hybridized carbons (Fsp3) is 0.774. The Labute approximate surface area is 216 Å². The molecule has 36 heavy (non-hydrogen) atoms. The molecule has 0 aromatic heterocycles. The number of hydrogen-bond donors (Lipinski definition) is 0. The van der Waals surface area contributed by atoms with Crippen LogP contribution in [0.5, 0.6) is 0 Å². The van der Waals surface area contributed by atoms with Crippen LogP contribution in [-0.2, 0) is 23.9 Å². The zero-order valence-electron chi connectivity index (χ0n) is 22.9. The van der Waals surface area contributed by atoms with Gasteiger partial charge >= 0.3 is 11.9 Å². The molecule has 1 aliphatic heterocycles. The van der Waals surface area contributed by atoms with Crippen molar-refractivity contribution in [3.63, 3.8) is 0 Å². The summed E-state index contributed by atoms with van der Waals surface area (Å²) >= 11 is 0. The van der Waals surface area contributed by atoms with E-state index in [-0.39, 0.29) is 45.6 Å². The van der Waals surface area contributed by atoms with E-state index in [0.717, 1.165) is 44.0 Å². The van der Waals surface area contributed by atoms with Gasteiger partial charge in [-0.1, -0.05) is 33.4 Å². The van der Waals surface area contributed by atoms with E-state index in [9.17, 15) is 14.4 Å². The van der Waals surface area contributed by atoms with Crippen LogP contribution in [0.4, 0.5) is 0 Å². The molecule has 0 amide bonds. The first-order chi connectivity index (χ1) is 17.0. The van der Waals surface area contributed by atoms with Gasteiger partial charge in [0.1, 0.15) is 12.4 Å². The lowest BCUT2D eigenvalue weighted by molar-refractivity contribution is -0.158. The van der Waals surface area contributed by atoms with Crippen molar-refractivity contribution >= 4 is 18.2 Å². The van der Waals surface area contributed by atoms with Crippen LogP contribution >= 0.6 is 0 Å². The molecule has 5 heteroatoms. The highest BCUT2D eigenvalue weighted by Crippen LogP contribution is 2.88. The smallest absolute Gasteiger partial charge is 0.334 e. The van der Waals surface area contributed by atoms with E-state index < -0.39 is 0 Å². The van der Waals surface area contributed by atoms with E-state index in [0.29, 0.717) is 29.7 Å². The van der Waals surface area contributed by atoms with Gasteiger partial charge in [0, 0.05) is 17.9 Å². The van der Waals surface area contributed by atoms with Crippen molar-refractivity contribution in [2.75, 3.05) is 7.11 Å². The van der Waals surface area contributed by atoms with Gasteiger partial charge < -0.3 is 9.47 Å². The van der Waals surface area contributed by atoms with Crippen molar-refractivity contribution in [1.82, 2.24) is 0 Å². The molecule has 1 spiro atoms. The lowest BCUT2D eigenvalue weighted by atomic mass is 9.43. The normalized spacial score (nSPS) is 45.6. The van der Waals surface area contributed by atoms with E-state index >= 15 is 0 Å². The number of fused-ring (bicyclic) bond motifs is 4. The van der Waals surface area contributed by atoms with E-state index in [4.69, 9.17) is 9.47 Å². The Balaban J connectivity index is 1.44. The molecule has 198 valence electrons. The van der Waals surface area contributed by atoms with Gasteiger partial charge in [-0.15, -0.1) is 0 Å². The Hall–Kier alpha value is -1.91. The number of esters is 2. The zero-order chi connectivity index (χ0) is 26.1. The molecule has 1 unspecified atom stereocenters. The first-order valence-electron chi connectivity index (χ1n) is 14.1. The molecule has 5 rings (SSSR count). The number of aldehydes is 1. The highest BCUT2D eigenvalue weighted by atomic mass is 16.6. The molecule has 4 aliphatic carbocycles. The van der Waals surface area contributed by atoms with Gasteiger partial charge in [-0.3, -0.25) is 9.59 Å². The molecular weight excluding hydrogens is 452 g/mol. The maximum absolute atomic E-state index is 12.7. The maximum atomic E-state index is 12.7. The Morgan fingerprint density at radius 3 is 2.69 bits per heavy atom. The van der Waals surface area contributed by atoms with E-state index in [1.54, 1.807) is 0 Å². The number of carbonyl (C=O) groups excluding carboxylic acids is 3. The molecule has 5 fully saturated rings. The standard InChI is InChI=1S/C31H44O5/c1-19(17-32)8-7-9-20(2)22-10-12-29(5)24-16-23-26(21(3)27(34)36-23)31(13-11-25(33)35-6)18-30(24,31)15-14-28(22,29)4/h8,17,20,22-24,26H,3,7,9-16,18H2,1-2,4-6H3/t20?,22-,23-,24+,26-,28-,29+,30+,31-/m1/s1. The minimum atomic E-state index is -0.229. The molecule has 0 bridgehead atoms. The Morgan fingerprint density at radius 1 is 1.25 bits per heavy atom. The summed E-state index contributed by atoms with van der Waals surface area (Å²) < 4.78 is 11.0. The summed E-state index contributed by atoms with van der Waals surface area (Å²) in [5, 5.41) is 0. The van der Waals surface area contributed by atoms with Gasteiger partial charge in [0.15, 0.2) is 0 Å². The lowest BCUT2D eigenvalue weighted by Gasteiger charge is -2.61. The van der Waals surface area contributed by atoms with E-state index in [1.807, 2.05) is 6.92 Å². The first kappa shape index (κ1) is 25.7. The molecule has 0 radical (unpaired) electrons. The summed E-state index contributed by atoms with van der Waals surface area (Å²) in [6.07, 6.45) is 13.0. The number of allylic oxidation sites excluding steroid dienone is 2. The van der Waals surface area contributed by atoms with Crippen LogP contribution in [0.3, 0.4) is 0 Å². The van der Waals surface area contributed by atoms with Gasteiger partial charge in [-0.2, -0.15) is 0 Å². The third-order valence-corrected chi connectivity index (χ3v) is 12.4. The number of rotatable bonds is 8. The summed E-state index contributed by atoms with van der Waals surface area (Å²) in [5.41, 5.74) is 2.00. The van der Waals surface area contributed by atoms with E-state index in [2.05, 4.69) is 33.4 Å². The minimum absolute atomic E-state index is 0.0443. The second kappa shape index (κ2) is 8.56. The summed E-state index contributed by atoms with van der Waals surface area (Å²) in [4.78, 5) is 35.9. The zero-order valence-corrected chi connectivity index (χ0v) is 22.9. The molecule has 0 N–H and O–H groups in total. The second-order valence-electron chi connectivity index (χ2n) is 13.4. The van der Waals surface area contributed by atoms with Crippen LogP contribution in [0, 0.1) is 45.3 Å². The minimum Gasteiger partial charge on any atom is -0.469 e. The summed E-state index contributed by atoms with van der Waals surface area (Å²) in [5.74, 6) is 1.41. The highest BCUT2D eigenvalue weighted by Gasteiger charge is 2.83. The van der Waals surface area contributed by atoms with E-state index in [1.165, 1.54) is 32.8 Å². The second-order valence-corrected chi connectivity index (χ2v) is 13.4. The van der Waals surface area contributed by atoms with Gasteiger partial charge in [0.05, 0.1) is 7.11 Å². The average molecular weight is 497 g/mol. The van der Waals surface area contributed by atoms with Crippen LogP contribution in [0.2, 0.25) is 0 Å². The predicted molar refractivity (Wildman–Crippen MR) is 138 cm³/mol. The number of ether oxygens (including phenoxy) is 2. The SMILES string of the molecule is C=C1C(=O)O[C@@H]2C[C@@H]3[C@]4(CC[C@]5(C)[C@@H](C(C)CCC=C(C)C=O)CC[C@@]35C)C[C@]4(CCC(=O)OC)[C@H]12. The summed E-state index contributed by atoms with van der Waals surface area (Å²) in [6, 6.07) is 0. The van der Waals surface area contributed by atoms with Crippen LogP contribution in [0.25, 0.3) is 0 Å². The third-order valence-electron chi connectivity index (χ3n) is 12.4. The molecule has 1 heterocycles. The molecular formula is C31H44O5. The quantitative estimate of drug-likeness (QED) is 0.227. The van der Waals surface area contributed by atoms with Gasteiger partial charge in [0.25, 0.3) is 0 Å². The first-order valence-corrected chi connectivity index (χ1v) is 14.1.